The normalized spacial score (nSPS) is 17.9. The number of nitrogens with zero attached hydrogens (tertiary/aromatic N) is 3. The molecule has 5 heteroatoms. The van der Waals surface area contributed by atoms with Crippen molar-refractivity contribution in [3.63, 3.8) is 0 Å². The molecule has 1 saturated carbocycles. The number of aliphatic carboxylic acids is 1. The fourth-order valence-electron chi connectivity index (χ4n) is 2.24. The summed E-state index contributed by atoms with van der Waals surface area (Å²) in [5.74, 6) is 0.345. The standard InChI is InChI=1S/C11H17N3O2/c1-11(2,10(15)16)14-7-12-13-9(14)8-5-3-4-6-8/h7-8H,3-6H2,1-2H3,(H,15,16). The first-order valence-electron chi connectivity index (χ1n) is 5.67. The Morgan fingerprint density at radius 2 is 2.12 bits per heavy atom. The number of rotatable bonds is 3. The van der Waals surface area contributed by atoms with E-state index in [2.05, 4.69) is 10.2 Å². The van der Waals surface area contributed by atoms with Gasteiger partial charge in [0.15, 0.2) is 0 Å². The van der Waals surface area contributed by atoms with Gasteiger partial charge in [0.2, 0.25) is 0 Å². The van der Waals surface area contributed by atoms with Crippen molar-refractivity contribution in [2.45, 2.75) is 51.0 Å². The van der Waals surface area contributed by atoms with Gasteiger partial charge in [-0.1, -0.05) is 12.8 Å². The highest BCUT2D eigenvalue weighted by atomic mass is 16.4. The highest BCUT2D eigenvalue weighted by Crippen LogP contribution is 2.34. The fraction of sp³-hybridized carbons (Fsp3) is 0.727. The average Bonchev–Trinajstić information content (AvgIpc) is 2.88. The van der Waals surface area contributed by atoms with Crippen molar-refractivity contribution in [2.75, 3.05) is 0 Å². The van der Waals surface area contributed by atoms with Gasteiger partial charge in [-0.2, -0.15) is 0 Å². The summed E-state index contributed by atoms with van der Waals surface area (Å²) in [7, 11) is 0. The van der Waals surface area contributed by atoms with E-state index in [1.54, 1.807) is 18.4 Å². The molecule has 1 fully saturated rings. The van der Waals surface area contributed by atoms with Gasteiger partial charge in [0.25, 0.3) is 0 Å². The lowest BCUT2D eigenvalue weighted by molar-refractivity contribution is -0.145. The predicted molar refractivity (Wildman–Crippen MR) is 58.2 cm³/mol. The molecule has 0 atom stereocenters. The molecule has 2 rings (SSSR count). The predicted octanol–water partition coefficient (Wildman–Crippen LogP) is 1.76. The van der Waals surface area contributed by atoms with Crippen LogP contribution in [0.5, 0.6) is 0 Å². The first-order chi connectivity index (χ1) is 7.53. The number of aromatic nitrogens is 3. The third kappa shape index (κ3) is 1.70. The number of carboxylic acids is 1. The second-order valence-corrected chi connectivity index (χ2v) is 4.90. The molecule has 0 bridgehead atoms. The maximum atomic E-state index is 11.2. The Morgan fingerprint density at radius 1 is 1.50 bits per heavy atom. The molecule has 88 valence electrons. The van der Waals surface area contributed by atoms with Crippen LogP contribution in [0.3, 0.4) is 0 Å². The SMILES string of the molecule is CC(C)(C(=O)O)n1cnnc1C1CCCC1. The summed E-state index contributed by atoms with van der Waals surface area (Å²) >= 11 is 0. The van der Waals surface area contributed by atoms with E-state index in [1.165, 1.54) is 19.2 Å². The molecule has 1 heterocycles. The second-order valence-electron chi connectivity index (χ2n) is 4.90. The smallest absolute Gasteiger partial charge is 0.329 e. The van der Waals surface area contributed by atoms with Crippen LogP contribution in [0, 0.1) is 0 Å². The van der Waals surface area contributed by atoms with Crippen molar-refractivity contribution in [1.29, 1.82) is 0 Å². The van der Waals surface area contributed by atoms with Crippen molar-refractivity contribution in [1.82, 2.24) is 14.8 Å². The Labute approximate surface area is 94.5 Å². The Balaban J connectivity index is 2.35. The molecule has 0 saturated heterocycles. The van der Waals surface area contributed by atoms with Crippen LogP contribution in [0.1, 0.15) is 51.3 Å². The van der Waals surface area contributed by atoms with Crippen molar-refractivity contribution < 1.29 is 9.90 Å². The largest absolute Gasteiger partial charge is 0.480 e. The van der Waals surface area contributed by atoms with Gasteiger partial charge in [-0.05, 0) is 26.7 Å². The molecular weight excluding hydrogens is 206 g/mol. The summed E-state index contributed by atoms with van der Waals surface area (Å²) < 4.78 is 1.70. The molecule has 0 amide bonds. The lowest BCUT2D eigenvalue weighted by Gasteiger charge is -2.24. The zero-order chi connectivity index (χ0) is 11.8. The van der Waals surface area contributed by atoms with Crippen molar-refractivity contribution in [3.8, 4) is 0 Å². The van der Waals surface area contributed by atoms with E-state index in [0.29, 0.717) is 5.92 Å². The molecule has 1 aromatic rings. The number of hydrogen-bond acceptors (Lipinski definition) is 3. The van der Waals surface area contributed by atoms with Crippen LogP contribution in [0.25, 0.3) is 0 Å². The molecule has 1 aliphatic rings. The minimum Gasteiger partial charge on any atom is -0.480 e. The highest BCUT2D eigenvalue weighted by molar-refractivity contribution is 5.75. The number of carboxylic acid groups (broad SMARTS) is 1. The van der Waals surface area contributed by atoms with Gasteiger partial charge in [0.05, 0.1) is 0 Å². The van der Waals surface area contributed by atoms with Crippen LogP contribution in [0.15, 0.2) is 6.33 Å². The van der Waals surface area contributed by atoms with Gasteiger partial charge >= 0.3 is 5.97 Å². The van der Waals surface area contributed by atoms with E-state index < -0.39 is 11.5 Å². The molecule has 1 aliphatic carbocycles. The lowest BCUT2D eigenvalue weighted by Crippen LogP contribution is -2.36. The lowest BCUT2D eigenvalue weighted by atomic mass is 10.0. The average molecular weight is 223 g/mol. The topological polar surface area (TPSA) is 68.0 Å². The summed E-state index contributed by atoms with van der Waals surface area (Å²) in [5, 5.41) is 17.2. The molecule has 0 spiro atoms. The molecule has 0 aliphatic heterocycles. The zero-order valence-electron chi connectivity index (χ0n) is 9.68. The van der Waals surface area contributed by atoms with Gasteiger partial charge < -0.3 is 9.67 Å². The summed E-state index contributed by atoms with van der Waals surface area (Å²) in [6.45, 7) is 3.36. The number of carbonyl (C=O) groups is 1. The van der Waals surface area contributed by atoms with Crippen molar-refractivity contribution in [3.05, 3.63) is 12.2 Å². The van der Waals surface area contributed by atoms with Crippen LogP contribution in [0.2, 0.25) is 0 Å². The van der Waals surface area contributed by atoms with E-state index in [0.717, 1.165) is 18.7 Å². The van der Waals surface area contributed by atoms with Crippen LogP contribution < -0.4 is 0 Å². The molecule has 16 heavy (non-hydrogen) atoms. The highest BCUT2D eigenvalue weighted by Gasteiger charge is 2.34. The summed E-state index contributed by atoms with van der Waals surface area (Å²) in [6, 6.07) is 0. The Morgan fingerprint density at radius 3 is 2.69 bits per heavy atom. The Bertz CT molecular complexity index is 392. The van der Waals surface area contributed by atoms with E-state index in [4.69, 9.17) is 0 Å². The van der Waals surface area contributed by atoms with Gasteiger partial charge in [-0.15, -0.1) is 10.2 Å². The van der Waals surface area contributed by atoms with Crippen LogP contribution in [0.4, 0.5) is 0 Å². The molecule has 5 nitrogen and oxygen atoms in total. The van der Waals surface area contributed by atoms with Crippen LogP contribution >= 0.6 is 0 Å². The first kappa shape index (κ1) is 11.1. The van der Waals surface area contributed by atoms with Gasteiger partial charge in [-0.25, -0.2) is 4.79 Å². The van der Waals surface area contributed by atoms with Crippen LogP contribution in [-0.2, 0) is 10.3 Å². The second kappa shape index (κ2) is 3.88. The summed E-state index contributed by atoms with van der Waals surface area (Å²) in [6.07, 6.45) is 6.11. The molecule has 0 aromatic carbocycles. The van der Waals surface area contributed by atoms with Crippen molar-refractivity contribution in [2.24, 2.45) is 0 Å². The monoisotopic (exact) mass is 223 g/mol. The van der Waals surface area contributed by atoms with Crippen LogP contribution in [-0.4, -0.2) is 25.8 Å². The van der Waals surface area contributed by atoms with Gasteiger partial charge in [0, 0.05) is 5.92 Å². The van der Waals surface area contributed by atoms with E-state index in [-0.39, 0.29) is 0 Å². The quantitative estimate of drug-likeness (QED) is 0.847. The summed E-state index contributed by atoms with van der Waals surface area (Å²) in [5.41, 5.74) is -0.971. The summed E-state index contributed by atoms with van der Waals surface area (Å²) in [4.78, 5) is 11.2. The maximum Gasteiger partial charge on any atom is 0.329 e. The zero-order valence-corrected chi connectivity index (χ0v) is 9.68. The molecule has 1 aromatic heterocycles. The maximum absolute atomic E-state index is 11.2. The van der Waals surface area contributed by atoms with E-state index >= 15 is 0 Å². The van der Waals surface area contributed by atoms with E-state index in [9.17, 15) is 9.90 Å². The van der Waals surface area contributed by atoms with Crippen molar-refractivity contribution >= 4 is 5.97 Å². The molecular formula is C11H17N3O2. The first-order valence-corrected chi connectivity index (χ1v) is 5.67. The van der Waals surface area contributed by atoms with Gasteiger partial charge in [-0.3, -0.25) is 0 Å². The minimum absolute atomic E-state index is 0.376. The third-order valence-corrected chi connectivity index (χ3v) is 3.42. The molecule has 0 unspecified atom stereocenters. The van der Waals surface area contributed by atoms with Gasteiger partial charge in [0.1, 0.15) is 17.7 Å². The number of hydrogen-bond donors (Lipinski definition) is 1. The Kier molecular flexibility index (Phi) is 2.69. The molecule has 0 radical (unpaired) electrons. The van der Waals surface area contributed by atoms with E-state index in [1.807, 2.05) is 0 Å². The molecule has 1 N–H and O–H groups in total. The Hall–Kier alpha value is -1.39. The fourth-order valence-corrected chi connectivity index (χ4v) is 2.24. The third-order valence-electron chi connectivity index (χ3n) is 3.42. The minimum atomic E-state index is -0.971.